The molecule has 0 N–H and O–H groups in total. The van der Waals surface area contributed by atoms with Crippen LogP contribution in [0.5, 0.6) is 0 Å². The van der Waals surface area contributed by atoms with Gasteiger partial charge in [-0.1, -0.05) is 46.8 Å². The number of amides is 1. The monoisotopic (exact) mass is 337 g/mol. The van der Waals surface area contributed by atoms with Crippen LogP contribution in [0.4, 0.5) is 0 Å². The highest BCUT2D eigenvalue weighted by molar-refractivity contribution is 7.92. The SMILES string of the molecule is CC(C)CS(=O)(=O)C1CN(C(=O)c2ccc(C(C)(C)C)cc2)C1. The van der Waals surface area contributed by atoms with E-state index in [1.807, 2.05) is 38.1 Å². The van der Waals surface area contributed by atoms with Gasteiger partial charge in [-0.3, -0.25) is 4.79 Å². The van der Waals surface area contributed by atoms with Crippen molar-refractivity contribution in [2.75, 3.05) is 18.8 Å². The summed E-state index contributed by atoms with van der Waals surface area (Å²) in [6.07, 6.45) is 0. The number of likely N-dealkylation sites (tertiary alicyclic amines) is 1. The molecule has 1 aromatic carbocycles. The van der Waals surface area contributed by atoms with Crippen LogP contribution in [-0.2, 0) is 15.3 Å². The Morgan fingerprint density at radius 1 is 1.17 bits per heavy atom. The first kappa shape index (κ1) is 18.0. The first-order valence-electron chi connectivity index (χ1n) is 8.12. The molecular weight excluding hydrogens is 310 g/mol. The number of sulfone groups is 1. The van der Waals surface area contributed by atoms with Gasteiger partial charge >= 0.3 is 0 Å². The van der Waals surface area contributed by atoms with Gasteiger partial charge in [0.2, 0.25) is 0 Å². The molecule has 1 heterocycles. The zero-order valence-corrected chi connectivity index (χ0v) is 15.5. The molecule has 1 aliphatic heterocycles. The van der Waals surface area contributed by atoms with Gasteiger partial charge in [0.05, 0.1) is 11.0 Å². The molecule has 0 unspecified atom stereocenters. The summed E-state index contributed by atoms with van der Waals surface area (Å²) in [4.78, 5) is 14.0. The number of nitrogens with zero attached hydrogens (tertiary/aromatic N) is 1. The Kier molecular flexibility index (Phi) is 4.90. The van der Waals surface area contributed by atoms with Crippen LogP contribution >= 0.6 is 0 Å². The lowest BCUT2D eigenvalue weighted by Gasteiger charge is -2.39. The van der Waals surface area contributed by atoms with Crippen molar-refractivity contribution in [2.24, 2.45) is 5.92 Å². The highest BCUT2D eigenvalue weighted by atomic mass is 32.2. The molecule has 0 atom stereocenters. The third-order valence-corrected chi connectivity index (χ3v) is 6.65. The molecule has 2 rings (SSSR count). The fourth-order valence-corrected chi connectivity index (χ4v) is 4.74. The standard InChI is InChI=1S/C18H27NO3S/c1-13(2)12-23(21,22)16-10-19(11-16)17(20)14-6-8-15(9-7-14)18(3,4)5/h6-9,13,16H,10-12H2,1-5H3. The van der Waals surface area contributed by atoms with E-state index in [2.05, 4.69) is 20.8 Å². The summed E-state index contributed by atoms with van der Waals surface area (Å²) in [5, 5.41) is -0.400. The number of carbonyl (C=O) groups is 1. The quantitative estimate of drug-likeness (QED) is 0.849. The summed E-state index contributed by atoms with van der Waals surface area (Å²) in [5.74, 6) is 0.233. The molecule has 23 heavy (non-hydrogen) atoms. The van der Waals surface area contributed by atoms with Crippen molar-refractivity contribution in [1.82, 2.24) is 4.90 Å². The molecule has 1 amide bonds. The highest BCUT2D eigenvalue weighted by Gasteiger charge is 2.39. The van der Waals surface area contributed by atoms with E-state index in [1.165, 1.54) is 5.56 Å². The number of rotatable bonds is 4. The maximum absolute atomic E-state index is 12.4. The molecule has 0 spiro atoms. The first-order chi connectivity index (χ1) is 10.5. The Morgan fingerprint density at radius 2 is 1.70 bits per heavy atom. The Labute approximate surface area is 139 Å². The molecule has 1 saturated heterocycles. The van der Waals surface area contributed by atoms with E-state index in [1.54, 1.807) is 4.90 Å². The minimum Gasteiger partial charge on any atom is -0.336 e. The molecule has 1 fully saturated rings. The second-order valence-corrected chi connectivity index (χ2v) is 10.2. The van der Waals surface area contributed by atoms with Gasteiger partial charge in [-0.2, -0.15) is 0 Å². The minimum atomic E-state index is -3.09. The van der Waals surface area contributed by atoms with E-state index < -0.39 is 15.1 Å². The lowest BCUT2D eigenvalue weighted by molar-refractivity contribution is 0.0658. The second-order valence-electron chi connectivity index (χ2n) is 7.88. The van der Waals surface area contributed by atoms with Crippen LogP contribution in [-0.4, -0.2) is 43.3 Å². The van der Waals surface area contributed by atoms with Gasteiger partial charge < -0.3 is 4.90 Å². The first-order valence-corrected chi connectivity index (χ1v) is 9.83. The van der Waals surface area contributed by atoms with Gasteiger partial charge in [0, 0.05) is 18.7 Å². The van der Waals surface area contributed by atoms with E-state index in [0.29, 0.717) is 18.7 Å². The summed E-state index contributed by atoms with van der Waals surface area (Å²) in [6.45, 7) is 10.8. The number of carbonyl (C=O) groups excluding carboxylic acids is 1. The summed E-state index contributed by atoms with van der Waals surface area (Å²) in [6, 6.07) is 7.61. The molecule has 0 bridgehead atoms. The summed E-state index contributed by atoms with van der Waals surface area (Å²) in [5.41, 5.74) is 1.85. The maximum Gasteiger partial charge on any atom is 0.253 e. The van der Waals surface area contributed by atoms with E-state index in [0.717, 1.165) is 0 Å². The summed E-state index contributed by atoms with van der Waals surface area (Å²) in [7, 11) is -3.09. The molecule has 0 radical (unpaired) electrons. The van der Waals surface area contributed by atoms with Gasteiger partial charge in [-0.25, -0.2) is 8.42 Å². The molecule has 5 heteroatoms. The predicted molar refractivity (Wildman–Crippen MR) is 93.5 cm³/mol. The average molecular weight is 337 g/mol. The number of hydrogen-bond donors (Lipinski definition) is 0. The minimum absolute atomic E-state index is 0.0500. The molecule has 1 aromatic rings. The van der Waals surface area contributed by atoms with Crippen LogP contribution in [0.1, 0.15) is 50.5 Å². The fraction of sp³-hybridized carbons (Fsp3) is 0.611. The van der Waals surface area contributed by atoms with E-state index >= 15 is 0 Å². The highest BCUT2D eigenvalue weighted by Crippen LogP contribution is 2.24. The summed E-state index contributed by atoms with van der Waals surface area (Å²) < 4.78 is 24.3. The van der Waals surface area contributed by atoms with E-state index in [-0.39, 0.29) is 23.0 Å². The fourth-order valence-electron chi connectivity index (χ4n) is 2.73. The van der Waals surface area contributed by atoms with Crippen LogP contribution in [0, 0.1) is 5.92 Å². The Hall–Kier alpha value is -1.36. The van der Waals surface area contributed by atoms with Crippen LogP contribution in [0.3, 0.4) is 0 Å². The largest absolute Gasteiger partial charge is 0.336 e. The molecule has 0 aliphatic carbocycles. The van der Waals surface area contributed by atoms with Gasteiger partial charge in [-0.15, -0.1) is 0 Å². The van der Waals surface area contributed by atoms with Crippen LogP contribution in [0.2, 0.25) is 0 Å². The topological polar surface area (TPSA) is 54.5 Å². The van der Waals surface area contributed by atoms with Gasteiger partial charge in [0.25, 0.3) is 5.91 Å². The molecule has 128 valence electrons. The smallest absolute Gasteiger partial charge is 0.253 e. The average Bonchev–Trinajstić information content (AvgIpc) is 2.33. The van der Waals surface area contributed by atoms with Gasteiger partial charge in [0.1, 0.15) is 0 Å². The van der Waals surface area contributed by atoms with E-state index in [4.69, 9.17) is 0 Å². The van der Waals surface area contributed by atoms with Crippen molar-refractivity contribution in [3.8, 4) is 0 Å². The molecule has 0 saturated carbocycles. The number of benzene rings is 1. The Bertz CT molecular complexity index is 663. The maximum atomic E-state index is 12.4. The lowest BCUT2D eigenvalue weighted by atomic mass is 9.86. The Balaban J connectivity index is 1.99. The predicted octanol–water partition coefficient (Wildman–Crippen LogP) is 2.88. The van der Waals surface area contributed by atoms with Crippen molar-refractivity contribution in [3.05, 3.63) is 35.4 Å². The molecule has 0 aromatic heterocycles. The number of hydrogen-bond acceptors (Lipinski definition) is 3. The van der Waals surface area contributed by atoms with Crippen molar-refractivity contribution in [3.63, 3.8) is 0 Å². The third kappa shape index (κ3) is 4.14. The summed E-state index contributed by atoms with van der Waals surface area (Å²) >= 11 is 0. The zero-order valence-electron chi connectivity index (χ0n) is 14.7. The van der Waals surface area contributed by atoms with Crippen molar-refractivity contribution < 1.29 is 13.2 Å². The zero-order chi connectivity index (χ0) is 17.4. The normalized spacial score (nSPS) is 16.5. The molecule has 1 aliphatic rings. The van der Waals surface area contributed by atoms with Crippen molar-refractivity contribution in [2.45, 2.75) is 45.3 Å². The van der Waals surface area contributed by atoms with Gasteiger partial charge in [0.15, 0.2) is 9.84 Å². The lowest BCUT2D eigenvalue weighted by Crippen LogP contribution is -2.57. The van der Waals surface area contributed by atoms with Crippen LogP contribution in [0.25, 0.3) is 0 Å². The van der Waals surface area contributed by atoms with Crippen LogP contribution in [0.15, 0.2) is 24.3 Å². The van der Waals surface area contributed by atoms with Crippen molar-refractivity contribution >= 4 is 15.7 Å². The Morgan fingerprint density at radius 3 is 2.13 bits per heavy atom. The molecular formula is C18H27NO3S. The van der Waals surface area contributed by atoms with Gasteiger partial charge in [-0.05, 0) is 29.0 Å². The second kappa shape index (κ2) is 6.27. The van der Waals surface area contributed by atoms with Crippen LogP contribution < -0.4 is 0 Å². The van der Waals surface area contributed by atoms with Crippen molar-refractivity contribution in [1.29, 1.82) is 0 Å². The molecule has 4 nitrogen and oxygen atoms in total. The van der Waals surface area contributed by atoms with E-state index in [9.17, 15) is 13.2 Å². The third-order valence-electron chi connectivity index (χ3n) is 4.21.